The van der Waals surface area contributed by atoms with Crippen LogP contribution in [0.5, 0.6) is 0 Å². The van der Waals surface area contributed by atoms with Crippen molar-refractivity contribution in [2.24, 2.45) is 0 Å². The summed E-state index contributed by atoms with van der Waals surface area (Å²) < 4.78 is 0. The van der Waals surface area contributed by atoms with Gasteiger partial charge in [-0.2, -0.15) is 0 Å². The van der Waals surface area contributed by atoms with Crippen LogP contribution in [0, 0.1) is 0 Å². The fourth-order valence-electron chi connectivity index (χ4n) is 1.16. The number of hydrogen-bond acceptors (Lipinski definition) is 0. The molecule has 0 aliphatic carbocycles. The second-order valence-electron chi connectivity index (χ2n) is 2.94. The molecule has 0 spiro atoms. The Morgan fingerprint density at radius 3 is 2.08 bits per heavy atom. The van der Waals surface area contributed by atoms with Gasteiger partial charge in [0.15, 0.2) is 0 Å². The Balaban J connectivity index is 4.54. The quantitative estimate of drug-likeness (QED) is 0.454. The fourth-order valence-corrected chi connectivity index (χ4v) is 2.46. The molecule has 0 aliphatic rings. The monoisotopic (exact) mass is 182 g/mol. The molecule has 0 radical (unpaired) electrons. The SMILES string of the molecule is C\C=C/C=C(C)\C(=C/C)P(C)C. The molecule has 0 fully saturated rings. The summed E-state index contributed by atoms with van der Waals surface area (Å²) in [6.45, 7) is 10.9. The fraction of sp³-hybridized carbons (Fsp3) is 0.455. The van der Waals surface area contributed by atoms with E-state index in [9.17, 15) is 0 Å². The number of allylic oxidation sites excluding steroid dienone is 6. The zero-order valence-corrected chi connectivity index (χ0v) is 9.65. The van der Waals surface area contributed by atoms with Crippen LogP contribution in [0.1, 0.15) is 20.8 Å². The van der Waals surface area contributed by atoms with Crippen molar-refractivity contribution in [3.63, 3.8) is 0 Å². The van der Waals surface area contributed by atoms with Gasteiger partial charge >= 0.3 is 0 Å². The van der Waals surface area contributed by atoms with Gasteiger partial charge in [0.2, 0.25) is 0 Å². The van der Waals surface area contributed by atoms with Crippen LogP contribution in [-0.2, 0) is 0 Å². The summed E-state index contributed by atoms with van der Waals surface area (Å²) in [6, 6.07) is 0. The first-order valence-electron chi connectivity index (χ1n) is 4.27. The van der Waals surface area contributed by atoms with Crippen molar-refractivity contribution in [3.8, 4) is 0 Å². The summed E-state index contributed by atoms with van der Waals surface area (Å²) in [5, 5.41) is 1.50. The van der Waals surface area contributed by atoms with Crippen LogP contribution in [0.15, 0.2) is 35.2 Å². The molecular weight excluding hydrogens is 163 g/mol. The Hall–Kier alpha value is -0.350. The summed E-state index contributed by atoms with van der Waals surface area (Å²) in [7, 11) is 0.0390. The van der Waals surface area contributed by atoms with Crippen molar-refractivity contribution < 1.29 is 0 Å². The van der Waals surface area contributed by atoms with E-state index in [2.05, 4.69) is 51.5 Å². The third-order valence-corrected chi connectivity index (χ3v) is 3.27. The lowest BCUT2D eigenvalue weighted by molar-refractivity contribution is 1.46. The van der Waals surface area contributed by atoms with Crippen molar-refractivity contribution in [3.05, 3.63) is 35.2 Å². The van der Waals surface area contributed by atoms with Crippen molar-refractivity contribution in [1.29, 1.82) is 0 Å². The Morgan fingerprint density at radius 1 is 1.17 bits per heavy atom. The summed E-state index contributed by atoms with van der Waals surface area (Å²) in [5.41, 5.74) is 1.40. The van der Waals surface area contributed by atoms with Gasteiger partial charge < -0.3 is 0 Å². The molecule has 0 aliphatic heterocycles. The molecule has 68 valence electrons. The van der Waals surface area contributed by atoms with Gasteiger partial charge in [-0.15, -0.1) is 0 Å². The molecular formula is C11H19P. The predicted octanol–water partition coefficient (Wildman–Crippen LogP) is 4.15. The van der Waals surface area contributed by atoms with E-state index in [-0.39, 0.29) is 7.92 Å². The van der Waals surface area contributed by atoms with E-state index < -0.39 is 0 Å². The summed E-state index contributed by atoms with van der Waals surface area (Å²) >= 11 is 0. The van der Waals surface area contributed by atoms with Crippen LogP contribution in [0.3, 0.4) is 0 Å². The third-order valence-electron chi connectivity index (χ3n) is 1.70. The highest BCUT2D eigenvalue weighted by Crippen LogP contribution is 2.40. The average molecular weight is 182 g/mol. The van der Waals surface area contributed by atoms with Gasteiger partial charge in [0.1, 0.15) is 0 Å². The van der Waals surface area contributed by atoms with Gasteiger partial charge in [0.25, 0.3) is 0 Å². The van der Waals surface area contributed by atoms with Crippen LogP contribution in [-0.4, -0.2) is 13.3 Å². The average Bonchev–Trinajstić information content (AvgIpc) is 2.01. The number of rotatable bonds is 3. The minimum Gasteiger partial charge on any atom is -0.0877 e. The van der Waals surface area contributed by atoms with Crippen LogP contribution >= 0.6 is 7.92 Å². The largest absolute Gasteiger partial charge is 0.0877 e. The van der Waals surface area contributed by atoms with Gasteiger partial charge in [-0.05, 0) is 45.0 Å². The maximum atomic E-state index is 2.29. The highest BCUT2D eigenvalue weighted by molar-refractivity contribution is 7.60. The molecule has 0 rings (SSSR count). The van der Waals surface area contributed by atoms with E-state index in [1.54, 1.807) is 0 Å². The first-order chi connectivity index (χ1) is 5.63. The Labute approximate surface area is 77.8 Å². The maximum Gasteiger partial charge on any atom is -0.0259 e. The standard InChI is InChI=1S/C11H19P/c1-6-8-9-10(3)11(7-2)12(4)5/h6-9H,1-5H3/b8-6-,10-9-,11-7+. The predicted molar refractivity (Wildman–Crippen MR) is 61.1 cm³/mol. The van der Waals surface area contributed by atoms with Crippen molar-refractivity contribution in [2.45, 2.75) is 20.8 Å². The summed E-state index contributed by atoms with van der Waals surface area (Å²) in [5.74, 6) is 0. The zero-order valence-electron chi connectivity index (χ0n) is 8.76. The van der Waals surface area contributed by atoms with E-state index >= 15 is 0 Å². The third kappa shape index (κ3) is 3.88. The van der Waals surface area contributed by atoms with Crippen molar-refractivity contribution in [2.75, 3.05) is 13.3 Å². The van der Waals surface area contributed by atoms with E-state index in [1.165, 1.54) is 10.9 Å². The molecule has 0 saturated carbocycles. The molecule has 0 heterocycles. The second kappa shape index (κ2) is 6.20. The molecule has 1 heteroatoms. The summed E-state index contributed by atoms with van der Waals surface area (Å²) in [4.78, 5) is 0. The van der Waals surface area contributed by atoms with Gasteiger partial charge in [-0.1, -0.05) is 32.2 Å². The molecule has 0 saturated heterocycles. The highest BCUT2D eigenvalue weighted by Gasteiger charge is 2.01. The molecule has 0 unspecified atom stereocenters. The maximum absolute atomic E-state index is 2.29. The smallest absolute Gasteiger partial charge is 0.0259 e. The van der Waals surface area contributed by atoms with Gasteiger partial charge in [-0.3, -0.25) is 0 Å². The lowest BCUT2D eigenvalue weighted by atomic mass is 10.2. The normalized spacial score (nSPS) is 14.8. The molecule has 0 amide bonds. The van der Waals surface area contributed by atoms with Crippen molar-refractivity contribution in [1.82, 2.24) is 0 Å². The highest BCUT2D eigenvalue weighted by atomic mass is 31.1. The van der Waals surface area contributed by atoms with Gasteiger partial charge in [0, 0.05) is 0 Å². The first-order valence-corrected chi connectivity index (χ1v) is 6.50. The van der Waals surface area contributed by atoms with Crippen LogP contribution in [0.25, 0.3) is 0 Å². The van der Waals surface area contributed by atoms with Crippen LogP contribution in [0.4, 0.5) is 0 Å². The van der Waals surface area contributed by atoms with Gasteiger partial charge in [0.05, 0.1) is 0 Å². The van der Waals surface area contributed by atoms with Crippen molar-refractivity contribution >= 4 is 7.92 Å². The Morgan fingerprint density at radius 2 is 1.75 bits per heavy atom. The Bertz CT molecular complexity index is 207. The molecule has 0 nitrogen and oxygen atoms in total. The zero-order chi connectivity index (χ0) is 9.56. The topological polar surface area (TPSA) is 0 Å². The lowest BCUT2D eigenvalue weighted by Crippen LogP contribution is -1.81. The summed E-state index contributed by atoms with van der Waals surface area (Å²) in [6.07, 6.45) is 8.56. The number of hydrogen-bond donors (Lipinski definition) is 0. The van der Waals surface area contributed by atoms with E-state index in [0.717, 1.165) is 0 Å². The van der Waals surface area contributed by atoms with E-state index in [1.807, 2.05) is 6.92 Å². The Kier molecular flexibility index (Phi) is 6.02. The molecule has 0 bridgehead atoms. The van der Waals surface area contributed by atoms with E-state index in [4.69, 9.17) is 0 Å². The molecule has 0 aromatic rings. The minimum atomic E-state index is 0.0390. The van der Waals surface area contributed by atoms with Crippen LogP contribution < -0.4 is 0 Å². The molecule has 0 N–H and O–H groups in total. The molecule has 12 heavy (non-hydrogen) atoms. The van der Waals surface area contributed by atoms with E-state index in [0.29, 0.717) is 0 Å². The minimum absolute atomic E-state index is 0.0390. The van der Waals surface area contributed by atoms with Crippen LogP contribution in [0.2, 0.25) is 0 Å². The van der Waals surface area contributed by atoms with Gasteiger partial charge in [-0.25, -0.2) is 0 Å². The second-order valence-corrected chi connectivity index (χ2v) is 5.21. The first kappa shape index (κ1) is 11.6. The molecule has 0 aromatic carbocycles. The molecule has 0 atom stereocenters. The molecule has 0 aromatic heterocycles. The lowest BCUT2D eigenvalue weighted by Gasteiger charge is -2.10.